The van der Waals surface area contributed by atoms with Crippen LogP contribution in [-0.2, 0) is 13.1 Å². The van der Waals surface area contributed by atoms with Crippen molar-refractivity contribution in [3.63, 3.8) is 0 Å². The molecule has 19 heavy (non-hydrogen) atoms. The number of hydrogen-bond donors (Lipinski definition) is 1. The van der Waals surface area contributed by atoms with E-state index in [0.29, 0.717) is 34.8 Å². The minimum absolute atomic E-state index is 0.163. The maximum Gasteiger partial charge on any atom is 0.270 e. The SMILES string of the molecule is CCn1ncc(Br)c1C(=O)NCCn1cc(Cl)cn1. The van der Waals surface area contributed by atoms with Crippen LogP contribution >= 0.6 is 27.5 Å². The molecule has 0 atom stereocenters. The number of halogens is 2. The summed E-state index contributed by atoms with van der Waals surface area (Å²) >= 11 is 9.07. The normalized spacial score (nSPS) is 10.7. The highest BCUT2D eigenvalue weighted by molar-refractivity contribution is 9.10. The molecule has 0 unspecified atom stereocenters. The fourth-order valence-electron chi connectivity index (χ4n) is 1.66. The van der Waals surface area contributed by atoms with Gasteiger partial charge in [-0.2, -0.15) is 10.2 Å². The van der Waals surface area contributed by atoms with Crippen molar-refractivity contribution in [3.05, 3.63) is 33.8 Å². The van der Waals surface area contributed by atoms with Crippen LogP contribution in [0.1, 0.15) is 17.4 Å². The Kier molecular flexibility index (Phi) is 4.60. The summed E-state index contributed by atoms with van der Waals surface area (Å²) in [5, 5.41) is 11.5. The monoisotopic (exact) mass is 345 g/mol. The van der Waals surface area contributed by atoms with Gasteiger partial charge in [-0.1, -0.05) is 11.6 Å². The first-order valence-corrected chi connectivity index (χ1v) is 6.96. The number of amides is 1. The average molecular weight is 347 g/mol. The molecule has 2 aromatic heterocycles. The number of rotatable bonds is 5. The zero-order chi connectivity index (χ0) is 13.8. The van der Waals surface area contributed by atoms with Crippen LogP contribution in [0.4, 0.5) is 0 Å². The molecule has 6 nitrogen and oxygen atoms in total. The maximum absolute atomic E-state index is 12.0. The summed E-state index contributed by atoms with van der Waals surface area (Å²) in [7, 11) is 0. The number of hydrogen-bond acceptors (Lipinski definition) is 3. The van der Waals surface area contributed by atoms with Crippen molar-refractivity contribution >= 4 is 33.4 Å². The van der Waals surface area contributed by atoms with Crippen LogP contribution in [0, 0.1) is 0 Å². The molecular weight excluding hydrogens is 334 g/mol. The number of aromatic nitrogens is 4. The summed E-state index contributed by atoms with van der Waals surface area (Å²) in [6.45, 7) is 3.61. The molecule has 1 amide bonds. The lowest BCUT2D eigenvalue weighted by Gasteiger charge is -2.07. The van der Waals surface area contributed by atoms with Crippen molar-refractivity contribution in [3.8, 4) is 0 Å². The lowest BCUT2D eigenvalue weighted by Crippen LogP contribution is -2.29. The van der Waals surface area contributed by atoms with Gasteiger partial charge in [-0.15, -0.1) is 0 Å². The van der Waals surface area contributed by atoms with Gasteiger partial charge in [-0.25, -0.2) is 0 Å². The van der Waals surface area contributed by atoms with E-state index in [0.717, 1.165) is 0 Å². The van der Waals surface area contributed by atoms with E-state index in [2.05, 4.69) is 31.4 Å². The molecule has 2 aromatic rings. The fourth-order valence-corrected chi connectivity index (χ4v) is 2.29. The molecule has 102 valence electrons. The molecular formula is C11H13BrClN5O. The fraction of sp³-hybridized carbons (Fsp3) is 0.364. The van der Waals surface area contributed by atoms with Gasteiger partial charge in [0.15, 0.2) is 0 Å². The van der Waals surface area contributed by atoms with Gasteiger partial charge < -0.3 is 5.32 Å². The Morgan fingerprint density at radius 2 is 2.26 bits per heavy atom. The summed E-state index contributed by atoms with van der Waals surface area (Å²) in [5.41, 5.74) is 0.529. The van der Waals surface area contributed by atoms with Crippen molar-refractivity contribution in [2.75, 3.05) is 6.54 Å². The minimum Gasteiger partial charge on any atom is -0.349 e. The highest BCUT2D eigenvalue weighted by Gasteiger charge is 2.15. The molecule has 0 aliphatic heterocycles. The first-order chi connectivity index (χ1) is 9.11. The van der Waals surface area contributed by atoms with Crippen LogP contribution in [-0.4, -0.2) is 32.0 Å². The van der Waals surface area contributed by atoms with Crippen LogP contribution < -0.4 is 5.32 Å². The van der Waals surface area contributed by atoms with E-state index in [4.69, 9.17) is 11.6 Å². The average Bonchev–Trinajstić information content (AvgIpc) is 2.95. The van der Waals surface area contributed by atoms with Gasteiger partial charge >= 0.3 is 0 Å². The van der Waals surface area contributed by atoms with Gasteiger partial charge in [0.1, 0.15) is 5.69 Å². The Balaban J connectivity index is 1.92. The lowest BCUT2D eigenvalue weighted by molar-refractivity contribution is 0.0940. The topological polar surface area (TPSA) is 64.7 Å². The quantitative estimate of drug-likeness (QED) is 0.900. The molecule has 0 spiro atoms. The number of carbonyl (C=O) groups excluding carboxylic acids is 1. The lowest BCUT2D eigenvalue weighted by atomic mass is 10.4. The van der Waals surface area contributed by atoms with Gasteiger partial charge in [-0.05, 0) is 22.9 Å². The largest absolute Gasteiger partial charge is 0.349 e. The zero-order valence-electron chi connectivity index (χ0n) is 10.3. The summed E-state index contributed by atoms with van der Waals surface area (Å²) in [4.78, 5) is 12.0. The number of aryl methyl sites for hydroxylation is 1. The minimum atomic E-state index is -0.163. The van der Waals surface area contributed by atoms with Gasteiger partial charge in [0.05, 0.1) is 28.4 Å². The number of nitrogens with one attached hydrogen (secondary N) is 1. The van der Waals surface area contributed by atoms with Crippen LogP contribution in [0.3, 0.4) is 0 Å². The molecule has 0 aromatic carbocycles. The summed E-state index contributed by atoms with van der Waals surface area (Å²) in [5.74, 6) is -0.163. The van der Waals surface area contributed by atoms with E-state index >= 15 is 0 Å². The second kappa shape index (κ2) is 6.21. The summed E-state index contributed by atoms with van der Waals surface area (Å²) in [6.07, 6.45) is 4.89. The molecule has 0 bridgehead atoms. The van der Waals surface area contributed by atoms with Crippen LogP contribution in [0.15, 0.2) is 23.1 Å². The number of nitrogens with zero attached hydrogens (tertiary/aromatic N) is 4. The van der Waals surface area contributed by atoms with Crippen LogP contribution in [0.2, 0.25) is 5.02 Å². The van der Waals surface area contributed by atoms with Gasteiger partial charge in [0.25, 0.3) is 5.91 Å². The molecule has 0 aliphatic carbocycles. The van der Waals surface area contributed by atoms with E-state index in [1.54, 1.807) is 28.0 Å². The first kappa shape index (κ1) is 14.1. The third-order valence-corrected chi connectivity index (χ3v) is 3.31. The number of carbonyl (C=O) groups is 1. The van der Waals surface area contributed by atoms with Crippen LogP contribution in [0.25, 0.3) is 0 Å². The molecule has 0 fully saturated rings. The van der Waals surface area contributed by atoms with E-state index in [1.165, 1.54) is 0 Å². The smallest absolute Gasteiger partial charge is 0.270 e. The molecule has 0 radical (unpaired) electrons. The van der Waals surface area contributed by atoms with Crippen molar-refractivity contribution in [2.45, 2.75) is 20.0 Å². The Hall–Kier alpha value is -1.34. The summed E-state index contributed by atoms with van der Waals surface area (Å²) in [6, 6.07) is 0. The molecule has 8 heteroatoms. The zero-order valence-corrected chi connectivity index (χ0v) is 12.6. The molecule has 0 saturated carbocycles. The molecule has 1 N–H and O–H groups in total. The standard InChI is InChI=1S/C11H13BrClN5O/c1-2-18-10(9(12)6-16-18)11(19)14-3-4-17-7-8(13)5-15-17/h5-7H,2-4H2,1H3,(H,14,19). The second-order valence-corrected chi connectivity index (χ2v) is 5.13. The first-order valence-electron chi connectivity index (χ1n) is 5.79. The predicted octanol–water partition coefficient (Wildman–Crippen LogP) is 1.95. The van der Waals surface area contributed by atoms with Crippen molar-refractivity contribution in [1.29, 1.82) is 0 Å². The third-order valence-electron chi connectivity index (χ3n) is 2.54. The molecule has 0 saturated heterocycles. The van der Waals surface area contributed by atoms with E-state index in [1.807, 2.05) is 6.92 Å². The Labute approximate surface area is 123 Å². The second-order valence-electron chi connectivity index (χ2n) is 3.83. The van der Waals surface area contributed by atoms with Crippen molar-refractivity contribution < 1.29 is 4.79 Å². The highest BCUT2D eigenvalue weighted by Crippen LogP contribution is 2.15. The Bertz CT molecular complexity index is 579. The highest BCUT2D eigenvalue weighted by atomic mass is 79.9. The Morgan fingerprint density at radius 3 is 2.89 bits per heavy atom. The molecule has 2 heterocycles. The Morgan fingerprint density at radius 1 is 1.47 bits per heavy atom. The third kappa shape index (κ3) is 3.36. The molecule has 0 aliphatic rings. The van der Waals surface area contributed by atoms with Gasteiger partial charge in [-0.3, -0.25) is 14.2 Å². The van der Waals surface area contributed by atoms with Crippen molar-refractivity contribution in [1.82, 2.24) is 24.9 Å². The van der Waals surface area contributed by atoms with Gasteiger partial charge in [0.2, 0.25) is 0 Å². The summed E-state index contributed by atoms with van der Waals surface area (Å²) < 4.78 is 4.01. The van der Waals surface area contributed by atoms with E-state index in [-0.39, 0.29) is 5.91 Å². The maximum atomic E-state index is 12.0. The van der Waals surface area contributed by atoms with Crippen LogP contribution in [0.5, 0.6) is 0 Å². The van der Waals surface area contributed by atoms with Gasteiger partial charge in [0, 0.05) is 19.3 Å². The molecule has 2 rings (SSSR count). The van der Waals surface area contributed by atoms with Crippen molar-refractivity contribution in [2.24, 2.45) is 0 Å². The predicted molar refractivity (Wildman–Crippen MR) is 75.2 cm³/mol. The van der Waals surface area contributed by atoms with E-state index in [9.17, 15) is 4.79 Å². The van der Waals surface area contributed by atoms with E-state index < -0.39 is 0 Å².